The molecule has 1 atom stereocenters. The second-order valence-corrected chi connectivity index (χ2v) is 9.33. The Hall–Kier alpha value is -4.27. The van der Waals surface area contributed by atoms with Gasteiger partial charge >= 0.3 is 0 Å². The van der Waals surface area contributed by atoms with Crippen LogP contribution in [0.15, 0.2) is 72.8 Å². The van der Waals surface area contributed by atoms with Crippen LogP contribution in [0, 0.1) is 5.82 Å². The van der Waals surface area contributed by atoms with Crippen LogP contribution < -0.4 is 15.0 Å². The van der Waals surface area contributed by atoms with Crippen molar-refractivity contribution in [2.45, 2.75) is 38.9 Å². The van der Waals surface area contributed by atoms with Crippen LogP contribution in [0.3, 0.4) is 0 Å². The molecular formula is C27H28FN5O3. The third-order valence-electron chi connectivity index (χ3n) is 5.52. The molecule has 1 heterocycles. The molecule has 0 saturated carbocycles. The maximum atomic E-state index is 15.2. The van der Waals surface area contributed by atoms with E-state index in [1.165, 1.54) is 34.9 Å². The summed E-state index contributed by atoms with van der Waals surface area (Å²) in [5, 5.41) is 11.1. The number of hydrogen-bond donors (Lipinski definition) is 1. The highest BCUT2D eigenvalue weighted by molar-refractivity contribution is 6.02. The standard InChI is InChI=1S/C27H28FN5O3/c1-27(2,3)29-26(35)25(18-11-5-6-12-19(18)28)33(22-15-9-10-16-23(22)36-4)24(34)17-32-21-14-8-7-13-20(21)30-31-32/h5-16,25H,17H2,1-4H3,(H,29,35). The minimum absolute atomic E-state index is 0.0574. The molecule has 0 aliphatic rings. The lowest BCUT2D eigenvalue weighted by Gasteiger charge is -2.34. The number of nitrogens with zero attached hydrogens (tertiary/aromatic N) is 4. The minimum Gasteiger partial charge on any atom is -0.495 e. The van der Waals surface area contributed by atoms with Crippen LogP contribution in [0.4, 0.5) is 10.1 Å². The molecule has 0 radical (unpaired) electrons. The van der Waals surface area contributed by atoms with Crippen LogP contribution in [-0.4, -0.2) is 39.5 Å². The molecule has 0 spiro atoms. The molecular weight excluding hydrogens is 461 g/mol. The second-order valence-electron chi connectivity index (χ2n) is 9.33. The third kappa shape index (κ3) is 5.19. The van der Waals surface area contributed by atoms with Crippen LogP contribution in [0.25, 0.3) is 11.0 Å². The van der Waals surface area contributed by atoms with Crippen molar-refractivity contribution in [1.82, 2.24) is 20.3 Å². The van der Waals surface area contributed by atoms with Crippen molar-refractivity contribution < 1.29 is 18.7 Å². The van der Waals surface area contributed by atoms with Crippen LogP contribution in [0.1, 0.15) is 32.4 Å². The van der Waals surface area contributed by atoms with Gasteiger partial charge in [-0.3, -0.25) is 14.5 Å². The summed E-state index contributed by atoms with van der Waals surface area (Å²) in [6.45, 7) is 5.23. The number of carbonyl (C=O) groups excluding carboxylic acids is 2. The number of ether oxygens (including phenoxy) is 1. The topological polar surface area (TPSA) is 89.3 Å². The van der Waals surface area contributed by atoms with Crippen molar-refractivity contribution >= 4 is 28.5 Å². The molecule has 0 aliphatic heterocycles. The van der Waals surface area contributed by atoms with E-state index in [1.54, 1.807) is 42.5 Å². The maximum Gasteiger partial charge on any atom is 0.249 e. The predicted octanol–water partition coefficient (Wildman–Crippen LogP) is 4.27. The Bertz CT molecular complexity index is 1400. The van der Waals surface area contributed by atoms with E-state index in [4.69, 9.17) is 4.74 Å². The highest BCUT2D eigenvalue weighted by atomic mass is 19.1. The molecule has 1 N–H and O–H groups in total. The summed E-state index contributed by atoms with van der Waals surface area (Å²) in [7, 11) is 1.47. The number of fused-ring (bicyclic) bond motifs is 1. The van der Waals surface area contributed by atoms with E-state index in [1.807, 2.05) is 32.9 Å². The van der Waals surface area contributed by atoms with Gasteiger partial charge in [0.2, 0.25) is 11.8 Å². The molecule has 0 aliphatic carbocycles. The lowest BCUT2D eigenvalue weighted by molar-refractivity contribution is -0.128. The number of halogens is 1. The Kier molecular flexibility index (Phi) is 7.00. The third-order valence-corrected chi connectivity index (χ3v) is 5.52. The molecule has 1 aromatic heterocycles. The zero-order valence-electron chi connectivity index (χ0n) is 20.6. The van der Waals surface area contributed by atoms with Crippen molar-refractivity contribution in [2.24, 2.45) is 0 Å². The fraction of sp³-hybridized carbons (Fsp3) is 0.259. The number of methoxy groups -OCH3 is 1. The molecule has 0 bridgehead atoms. The lowest BCUT2D eigenvalue weighted by Crippen LogP contribution is -2.50. The van der Waals surface area contributed by atoms with Crippen molar-refractivity contribution in [3.05, 3.63) is 84.2 Å². The van der Waals surface area contributed by atoms with Crippen molar-refractivity contribution in [3.8, 4) is 5.75 Å². The highest BCUT2D eigenvalue weighted by Crippen LogP contribution is 2.36. The monoisotopic (exact) mass is 489 g/mol. The first kappa shape index (κ1) is 24.8. The molecule has 36 heavy (non-hydrogen) atoms. The van der Waals surface area contributed by atoms with E-state index in [0.717, 1.165) is 0 Å². The molecule has 2 amide bonds. The number of benzene rings is 3. The predicted molar refractivity (Wildman–Crippen MR) is 135 cm³/mol. The number of para-hydroxylation sites is 3. The minimum atomic E-state index is -1.32. The van der Waals surface area contributed by atoms with Gasteiger partial charge in [0.1, 0.15) is 29.7 Å². The van der Waals surface area contributed by atoms with E-state index < -0.39 is 29.2 Å². The van der Waals surface area contributed by atoms with E-state index in [-0.39, 0.29) is 12.1 Å². The smallest absolute Gasteiger partial charge is 0.249 e. The van der Waals surface area contributed by atoms with Crippen molar-refractivity contribution in [2.75, 3.05) is 12.0 Å². The number of hydrogen-bond acceptors (Lipinski definition) is 5. The average molecular weight is 490 g/mol. The SMILES string of the molecule is COc1ccccc1N(C(=O)Cn1nnc2ccccc21)C(C(=O)NC(C)(C)C)c1ccccc1F. The van der Waals surface area contributed by atoms with E-state index in [0.29, 0.717) is 22.5 Å². The largest absolute Gasteiger partial charge is 0.495 e. The van der Waals surface area contributed by atoms with Gasteiger partial charge in [-0.15, -0.1) is 5.10 Å². The second kappa shape index (κ2) is 10.2. The van der Waals surface area contributed by atoms with Gasteiger partial charge in [0.15, 0.2) is 0 Å². The normalized spacial score (nSPS) is 12.2. The number of aromatic nitrogens is 3. The lowest BCUT2D eigenvalue weighted by atomic mass is 10.00. The first-order valence-corrected chi connectivity index (χ1v) is 11.5. The summed E-state index contributed by atoms with van der Waals surface area (Å²) < 4.78 is 22.1. The van der Waals surface area contributed by atoms with Crippen molar-refractivity contribution in [3.63, 3.8) is 0 Å². The van der Waals surface area contributed by atoms with Gasteiger partial charge in [-0.25, -0.2) is 9.07 Å². The molecule has 1 unspecified atom stereocenters. The molecule has 3 aromatic carbocycles. The first-order valence-electron chi connectivity index (χ1n) is 11.5. The van der Waals surface area contributed by atoms with Crippen LogP contribution in [-0.2, 0) is 16.1 Å². The Morgan fingerprint density at radius 3 is 2.42 bits per heavy atom. The number of amides is 2. The fourth-order valence-corrected chi connectivity index (χ4v) is 4.02. The molecule has 4 aromatic rings. The van der Waals surface area contributed by atoms with Crippen LogP contribution >= 0.6 is 0 Å². The van der Waals surface area contributed by atoms with Crippen LogP contribution in [0.5, 0.6) is 5.75 Å². The Labute approximate surface area is 208 Å². The number of nitrogens with one attached hydrogen (secondary N) is 1. The summed E-state index contributed by atoms with van der Waals surface area (Å²) in [6.07, 6.45) is 0. The Balaban J connectivity index is 1.88. The number of anilines is 1. The molecule has 4 rings (SSSR count). The summed E-state index contributed by atoms with van der Waals surface area (Å²) in [5.41, 5.74) is 1.05. The number of carbonyl (C=O) groups is 2. The van der Waals surface area contributed by atoms with E-state index >= 15 is 4.39 Å². The van der Waals surface area contributed by atoms with Gasteiger partial charge < -0.3 is 10.1 Å². The van der Waals surface area contributed by atoms with Gasteiger partial charge in [0.05, 0.1) is 18.3 Å². The van der Waals surface area contributed by atoms with Gasteiger partial charge in [0.25, 0.3) is 0 Å². The molecule has 0 saturated heterocycles. The number of rotatable bonds is 7. The summed E-state index contributed by atoms with van der Waals surface area (Å²) in [6, 6.07) is 18.7. The van der Waals surface area contributed by atoms with Crippen LogP contribution in [0.2, 0.25) is 0 Å². The van der Waals surface area contributed by atoms with Crippen molar-refractivity contribution in [1.29, 1.82) is 0 Å². The summed E-state index contributed by atoms with van der Waals surface area (Å²) >= 11 is 0. The van der Waals surface area contributed by atoms with E-state index in [2.05, 4.69) is 15.6 Å². The highest BCUT2D eigenvalue weighted by Gasteiger charge is 2.37. The average Bonchev–Trinajstić information content (AvgIpc) is 3.24. The molecule has 8 nitrogen and oxygen atoms in total. The van der Waals surface area contributed by atoms with Gasteiger partial charge in [0, 0.05) is 11.1 Å². The maximum absolute atomic E-state index is 15.2. The first-order chi connectivity index (χ1) is 17.2. The Morgan fingerprint density at radius 2 is 1.69 bits per heavy atom. The quantitative estimate of drug-likeness (QED) is 0.419. The molecule has 0 fully saturated rings. The Morgan fingerprint density at radius 1 is 1.03 bits per heavy atom. The summed E-state index contributed by atoms with van der Waals surface area (Å²) in [4.78, 5) is 29.0. The van der Waals surface area contributed by atoms with Gasteiger partial charge in [-0.05, 0) is 51.1 Å². The van der Waals surface area contributed by atoms with Gasteiger partial charge in [-0.2, -0.15) is 0 Å². The van der Waals surface area contributed by atoms with E-state index in [9.17, 15) is 9.59 Å². The molecule has 9 heteroatoms. The zero-order chi connectivity index (χ0) is 25.9. The molecule has 186 valence electrons. The zero-order valence-corrected chi connectivity index (χ0v) is 20.6. The van der Waals surface area contributed by atoms with Gasteiger partial charge in [-0.1, -0.05) is 47.7 Å². The fourth-order valence-electron chi connectivity index (χ4n) is 4.02. The summed E-state index contributed by atoms with van der Waals surface area (Å²) in [5.74, 6) is -1.27.